The van der Waals surface area contributed by atoms with Gasteiger partial charge in [0.1, 0.15) is 0 Å². The van der Waals surface area contributed by atoms with E-state index in [1.54, 1.807) is 41.0 Å². The Kier molecular flexibility index (Phi) is 4.97. The van der Waals surface area contributed by atoms with Crippen LogP contribution in [-0.2, 0) is 14.8 Å². The van der Waals surface area contributed by atoms with Crippen LogP contribution in [0, 0.1) is 5.92 Å². The Morgan fingerprint density at radius 2 is 1.85 bits per heavy atom. The quantitative estimate of drug-likeness (QED) is 0.856. The maximum Gasteiger partial charge on any atom is 0.243 e. The molecule has 1 N–H and O–H groups in total. The van der Waals surface area contributed by atoms with Crippen molar-refractivity contribution >= 4 is 21.6 Å². The third kappa shape index (κ3) is 3.89. The minimum atomic E-state index is -3.62. The minimum absolute atomic E-state index is 0.0123. The van der Waals surface area contributed by atoms with E-state index in [4.69, 9.17) is 0 Å². The van der Waals surface area contributed by atoms with E-state index in [0.29, 0.717) is 12.2 Å². The summed E-state index contributed by atoms with van der Waals surface area (Å²) in [4.78, 5) is 16.3. The van der Waals surface area contributed by atoms with Gasteiger partial charge < -0.3 is 5.32 Å². The Morgan fingerprint density at radius 1 is 1.07 bits per heavy atom. The Morgan fingerprint density at radius 3 is 2.52 bits per heavy atom. The van der Waals surface area contributed by atoms with Crippen molar-refractivity contribution in [2.75, 3.05) is 11.9 Å². The Bertz CT molecular complexity index is 909. The average Bonchev–Trinajstić information content (AvgIpc) is 3.54. The van der Waals surface area contributed by atoms with E-state index >= 15 is 0 Å². The standard InChI is InChI=1S/C20H23N3O3S/c24-20(15-6-7-15)22-17-8-10-18(11-9-17)27(25,26)23-13-2-1-5-19(23)16-4-3-12-21-14-16/h3-4,8-12,14-15,19H,1-2,5-7,13H2,(H,22,24)/t19-/m1/s1. The second-order valence-electron chi connectivity index (χ2n) is 7.20. The summed E-state index contributed by atoms with van der Waals surface area (Å²) >= 11 is 0. The van der Waals surface area contributed by atoms with E-state index < -0.39 is 10.0 Å². The molecule has 7 heteroatoms. The summed E-state index contributed by atoms with van der Waals surface area (Å²) in [6.45, 7) is 0.502. The van der Waals surface area contributed by atoms with E-state index in [2.05, 4.69) is 10.3 Å². The predicted octanol–water partition coefficient (Wildman–Crippen LogP) is 3.35. The SMILES string of the molecule is O=C(Nc1ccc(S(=O)(=O)N2CCCC[C@@H]2c2cccnc2)cc1)C1CC1. The van der Waals surface area contributed by atoms with Crippen LogP contribution in [0.1, 0.15) is 43.7 Å². The summed E-state index contributed by atoms with van der Waals surface area (Å²) in [6.07, 6.45) is 7.95. The van der Waals surface area contributed by atoms with Crippen molar-refractivity contribution in [2.24, 2.45) is 5.92 Å². The molecule has 1 aromatic carbocycles. The molecule has 1 aromatic heterocycles. The molecule has 27 heavy (non-hydrogen) atoms. The van der Waals surface area contributed by atoms with Crippen LogP contribution < -0.4 is 5.32 Å². The number of carbonyl (C=O) groups excluding carboxylic acids is 1. The van der Waals surface area contributed by atoms with Gasteiger partial charge in [0.2, 0.25) is 15.9 Å². The summed E-state index contributed by atoms with van der Waals surface area (Å²) in [5, 5.41) is 2.84. The van der Waals surface area contributed by atoms with E-state index in [1.807, 2.05) is 12.1 Å². The van der Waals surface area contributed by atoms with Crippen molar-refractivity contribution in [1.82, 2.24) is 9.29 Å². The fourth-order valence-electron chi connectivity index (χ4n) is 3.53. The highest BCUT2D eigenvalue weighted by atomic mass is 32.2. The topological polar surface area (TPSA) is 79.4 Å². The van der Waals surface area contributed by atoms with Gasteiger partial charge in [0, 0.05) is 30.5 Å². The molecule has 0 spiro atoms. The molecule has 6 nitrogen and oxygen atoms in total. The van der Waals surface area contributed by atoms with Gasteiger partial charge in [0.05, 0.1) is 10.9 Å². The highest BCUT2D eigenvalue weighted by Crippen LogP contribution is 2.35. The second-order valence-corrected chi connectivity index (χ2v) is 9.09. The lowest BCUT2D eigenvalue weighted by molar-refractivity contribution is -0.117. The summed E-state index contributed by atoms with van der Waals surface area (Å²) < 4.78 is 28.1. The van der Waals surface area contributed by atoms with Gasteiger partial charge in [-0.1, -0.05) is 12.5 Å². The van der Waals surface area contributed by atoms with Gasteiger partial charge in [-0.25, -0.2) is 8.42 Å². The molecule has 142 valence electrons. The summed E-state index contributed by atoms with van der Waals surface area (Å²) in [6, 6.07) is 10.1. The number of anilines is 1. The maximum atomic E-state index is 13.2. The molecule has 1 amide bonds. The van der Waals surface area contributed by atoms with Gasteiger partial charge in [-0.05, 0) is 61.6 Å². The molecule has 0 unspecified atom stereocenters. The number of aromatic nitrogens is 1. The van der Waals surface area contributed by atoms with Gasteiger partial charge in [0.15, 0.2) is 0 Å². The first-order chi connectivity index (χ1) is 13.1. The van der Waals surface area contributed by atoms with Crippen LogP contribution in [0.3, 0.4) is 0 Å². The molecule has 2 aliphatic rings. The summed E-state index contributed by atoms with van der Waals surface area (Å²) in [7, 11) is -3.62. The molecule has 1 saturated carbocycles. The summed E-state index contributed by atoms with van der Waals surface area (Å²) in [5.74, 6) is 0.125. The fraction of sp³-hybridized carbons (Fsp3) is 0.400. The summed E-state index contributed by atoms with van der Waals surface area (Å²) in [5.41, 5.74) is 1.56. The highest BCUT2D eigenvalue weighted by Gasteiger charge is 2.34. The Labute approximate surface area is 159 Å². The van der Waals surface area contributed by atoms with E-state index in [9.17, 15) is 13.2 Å². The number of benzene rings is 1. The normalized spacial score (nSPS) is 21.0. The van der Waals surface area contributed by atoms with Crippen LogP contribution in [0.25, 0.3) is 0 Å². The zero-order chi connectivity index (χ0) is 18.9. The lowest BCUT2D eigenvalue weighted by atomic mass is 9.99. The monoisotopic (exact) mass is 385 g/mol. The van der Waals surface area contributed by atoms with Crippen molar-refractivity contribution in [3.63, 3.8) is 0 Å². The number of nitrogens with zero attached hydrogens (tertiary/aromatic N) is 2. The number of pyridine rings is 1. The minimum Gasteiger partial charge on any atom is -0.326 e. The number of sulfonamides is 1. The first-order valence-corrected chi connectivity index (χ1v) is 10.8. The smallest absolute Gasteiger partial charge is 0.243 e. The van der Waals surface area contributed by atoms with E-state index in [0.717, 1.165) is 37.7 Å². The largest absolute Gasteiger partial charge is 0.326 e. The van der Waals surface area contributed by atoms with Crippen molar-refractivity contribution in [3.05, 3.63) is 54.4 Å². The molecule has 0 radical (unpaired) electrons. The van der Waals surface area contributed by atoms with Crippen LogP contribution in [0.5, 0.6) is 0 Å². The van der Waals surface area contributed by atoms with Gasteiger partial charge in [-0.3, -0.25) is 9.78 Å². The van der Waals surface area contributed by atoms with Crippen molar-refractivity contribution < 1.29 is 13.2 Å². The first kappa shape index (κ1) is 18.1. The number of rotatable bonds is 5. The first-order valence-electron chi connectivity index (χ1n) is 9.38. The Balaban J connectivity index is 1.56. The predicted molar refractivity (Wildman–Crippen MR) is 103 cm³/mol. The molecule has 0 bridgehead atoms. The van der Waals surface area contributed by atoms with Crippen molar-refractivity contribution in [2.45, 2.75) is 43.0 Å². The van der Waals surface area contributed by atoms with Gasteiger partial charge in [0.25, 0.3) is 0 Å². The molecular formula is C20H23N3O3S. The van der Waals surface area contributed by atoms with Gasteiger partial charge in [-0.2, -0.15) is 4.31 Å². The number of carbonyl (C=O) groups is 1. The van der Waals surface area contributed by atoms with Crippen molar-refractivity contribution in [3.8, 4) is 0 Å². The molecule has 2 aromatic rings. The van der Waals surface area contributed by atoms with Gasteiger partial charge in [-0.15, -0.1) is 0 Å². The number of hydrogen-bond acceptors (Lipinski definition) is 4. The Hall–Kier alpha value is -2.25. The third-order valence-electron chi connectivity index (χ3n) is 5.20. The van der Waals surface area contributed by atoms with E-state index in [-0.39, 0.29) is 22.8 Å². The highest BCUT2D eigenvalue weighted by molar-refractivity contribution is 7.89. The van der Waals surface area contributed by atoms with Crippen LogP contribution in [0.2, 0.25) is 0 Å². The molecule has 1 saturated heterocycles. The van der Waals surface area contributed by atoms with E-state index in [1.165, 1.54) is 0 Å². The zero-order valence-electron chi connectivity index (χ0n) is 15.0. The van der Waals surface area contributed by atoms with Crippen LogP contribution in [0.15, 0.2) is 53.7 Å². The molecule has 2 heterocycles. The van der Waals surface area contributed by atoms with Crippen molar-refractivity contribution in [1.29, 1.82) is 0 Å². The van der Waals surface area contributed by atoms with Crippen LogP contribution >= 0.6 is 0 Å². The number of piperidine rings is 1. The average molecular weight is 385 g/mol. The number of nitrogens with one attached hydrogen (secondary N) is 1. The zero-order valence-corrected chi connectivity index (χ0v) is 15.9. The molecule has 1 aliphatic heterocycles. The molecular weight excluding hydrogens is 362 g/mol. The fourth-order valence-corrected chi connectivity index (χ4v) is 5.22. The number of amides is 1. The molecule has 2 fully saturated rings. The van der Waals surface area contributed by atoms with Crippen LogP contribution in [0.4, 0.5) is 5.69 Å². The van der Waals surface area contributed by atoms with Gasteiger partial charge >= 0.3 is 0 Å². The third-order valence-corrected chi connectivity index (χ3v) is 7.12. The maximum absolute atomic E-state index is 13.2. The molecule has 1 atom stereocenters. The molecule has 4 rings (SSSR count). The molecule has 1 aliphatic carbocycles. The second kappa shape index (κ2) is 7.40. The van der Waals surface area contributed by atoms with Crippen LogP contribution in [-0.4, -0.2) is 30.2 Å². The lowest BCUT2D eigenvalue weighted by Crippen LogP contribution is -2.38. The lowest BCUT2D eigenvalue weighted by Gasteiger charge is -2.34. The number of hydrogen-bond donors (Lipinski definition) is 1.